The average molecular weight is 265 g/mol. The highest BCUT2D eigenvalue weighted by molar-refractivity contribution is 5.63. The van der Waals surface area contributed by atoms with Crippen LogP contribution in [0.15, 0.2) is 54.6 Å². The van der Waals surface area contributed by atoms with Crippen LogP contribution in [-0.2, 0) is 0 Å². The first-order valence-corrected chi connectivity index (χ1v) is 7.62. The second-order valence-corrected chi connectivity index (χ2v) is 5.93. The van der Waals surface area contributed by atoms with E-state index in [9.17, 15) is 0 Å². The van der Waals surface area contributed by atoms with Gasteiger partial charge in [-0.25, -0.2) is 0 Å². The number of rotatable bonds is 3. The van der Waals surface area contributed by atoms with Gasteiger partial charge in [0.2, 0.25) is 0 Å². The van der Waals surface area contributed by atoms with E-state index in [4.69, 9.17) is 0 Å². The van der Waals surface area contributed by atoms with E-state index >= 15 is 0 Å². The van der Waals surface area contributed by atoms with Crippen LogP contribution in [0.3, 0.4) is 0 Å². The summed E-state index contributed by atoms with van der Waals surface area (Å²) in [5, 5.41) is 3.45. The van der Waals surface area contributed by atoms with Crippen LogP contribution in [0.25, 0.3) is 11.1 Å². The van der Waals surface area contributed by atoms with Crippen LogP contribution in [0.2, 0.25) is 0 Å². The quantitative estimate of drug-likeness (QED) is 0.864. The zero-order chi connectivity index (χ0) is 13.9. The molecule has 0 bridgehead atoms. The molecule has 104 valence electrons. The Bertz CT molecular complexity index is 544. The summed E-state index contributed by atoms with van der Waals surface area (Å²) < 4.78 is 0. The van der Waals surface area contributed by atoms with Crippen LogP contribution >= 0.6 is 0 Å². The van der Waals surface area contributed by atoms with Gasteiger partial charge in [0.15, 0.2) is 0 Å². The number of benzene rings is 2. The lowest BCUT2D eigenvalue weighted by Gasteiger charge is -2.21. The molecule has 2 aromatic carbocycles. The van der Waals surface area contributed by atoms with Crippen molar-refractivity contribution in [2.24, 2.45) is 5.92 Å². The molecule has 0 saturated heterocycles. The maximum absolute atomic E-state index is 3.45. The summed E-state index contributed by atoms with van der Waals surface area (Å²) >= 11 is 0. The minimum Gasteiger partial charge on any atom is -0.317 e. The first kappa shape index (κ1) is 13.4. The average Bonchev–Trinajstić information content (AvgIpc) is 2.89. The summed E-state index contributed by atoms with van der Waals surface area (Å²) in [6.45, 7) is 2.38. The van der Waals surface area contributed by atoms with Crippen LogP contribution in [-0.4, -0.2) is 13.1 Å². The molecular weight excluding hydrogens is 242 g/mol. The molecule has 20 heavy (non-hydrogen) atoms. The van der Waals surface area contributed by atoms with Gasteiger partial charge < -0.3 is 5.32 Å². The van der Waals surface area contributed by atoms with Crippen molar-refractivity contribution in [2.75, 3.05) is 7.05 Å². The van der Waals surface area contributed by atoms with E-state index < -0.39 is 0 Å². The van der Waals surface area contributed by atoms with E-state index in [1.54, 1.807) is 0 Å². The van der Waals surface area contributed by atoms with Gasteiger partial charge in [-0.1, -0.05) is 61.5 Å². The molecule has 3 rings (SSSR count). The summed E-state index contributed by atoms with van der Waals surface area (Å²) in [4.78, 5) is 0. The molecule has 0 amide bonds. The zero-order valence-electron chi connectivity index (χ0n) is 12.3. The van der Waals surface area contributed by atoms with Crippen molar-refractivity contribution in [3.8, 4) is 11.1 Å². The summed E-state index contributed by atoms with van der Waals surface area (Å²) in [6, 6.07) is 20.5. The van der Waals surface area contributed by atoms with E-state index in [1.165, 1.54) is 29.5 Å². The van der Waals surface area contributed by atoms with Gasteiger partial charge in [0.05, 0.1) is 0 Å². The first-order chi connectivity index (χ1) is 9.79. The molecule has 0 aliphatic heterocycles. The van der Waals surface area contributed by atoms with Crippen molar-refractivity contribution in [2.45, 2.75) is 31.7 Å². The van der Waals surface area contributed by atoms with Gasteiger partial charge in [-0.05, 0) is 48.4 Å². The lowest BCUT2D eigenvalue weighted by molar-refractivity contribution is 0.429. The highest BCUT2D eigenvalue weighted by atomic mass is 14.9. The van der Waals surface area contributed by atoms with Crippen LogP contribution < -0.4 is 5.32 Å². The minimum atomic E-state index is 0.675. The molecule has 0 heterocycles. The number of hydrogen-bond acceptors (Lipinski definition) is 1. The molecule has 3 atom stereocenters. The monoisotopic (exact) mass is 265 g/mol. The molecule has 1 heteroatoms. The topological polar surface area (TPSA) is 12.0 Å². The Morgan fingerprint density at radius 3 is 2.10 bits per heavy atom. The normalized spacial score (nSPS) is 25.8. The molecule has 1 aliphatic carbocycles. The molecule has 1 fully saturated rings. The predicted octanol–water partition coefficient (Wildman–Crippen LogP) is 4.46. The Morgan fingerprint density at radius 1 is 0.850 bits per heavy atom. The van der Waals surface area contributed by atoms with Gasteiger partial charge in [-0.3, -0.25) is 0 Å². The fourth-order valence-electron chi connectivity index (χ4n) is 3.60. The molecule has 2 aromatic rings. The van der Waals surface area contributed by atoms with Crippen LogP contribution in [0.1, 0.15) is 31.2 Å². The Balaban J connectivity index is 1.80. The largest absolute Gasteiger partial charge is 0.317 e. The van der Waals surface area contributed by atoms with E-state index in [0.717, 1.165) is 5.92 Å². The fourth-order valence-corrected chi connectivity index (χ4v) is 3.60. The molecular formula is C19H23N. The van der Waals surface area contributed by atoms with Crippen molar-refractivity contribution in [3.63, 3.8) is 0 Å². The second kappa shape index (κ2) is 5.80. The van der Waals surface area contributed by atoms with Crippen molar-refractivity contribution in [3.05, 3.63) is 60.2 Å². The lowest BCUT2D eigenvalue weighted by atomic mass is 9.88. The van der Waals surface area contributed by atoms with Gasteiger partial charge in [0.1, 0.15) is 0 Å². The Kier molecular flexibility index (Phi) is 3.88. The minimum absolute atomic E-state index is 0.675. The van der Waals surface area contributed by atoms with Gasteiger partial charge >= 0.3 is 0 Å². The molecule has 3 unspecified atom stereocenters. The van der Waals surface area contributed by atoms with E-state index in [-0.39, 0.29) is 0 Å². The van der Waals surface area contributed by atoms with E-state index in [1.807, 2.05) is 0 Å². The van der Waals surface area contributed by atoms with Crippen molar-refractivity contribution in [1.29, 1.82) is 0 Å². The highest BCUT2D eigenvalue weighted by Gasteiger charge is 2.32. The van der Waals surface area contributed by atoms with Gasteiger partial charge in [-0.2, -0.15) is 0 Å². The molecule has 1 aliphatic rings. The molecule has 0 spiro atoms. The Hall–Kier alpha value is -1.60. The Morgan fingerprint density at radius 2 is 1.50 bits per heavy atom. The Labute approximate surface area is 122 Å². The standard InChI is InChI=1S/C19H23N/c1-14-18(12-13-19(14)20-2)17-10-8-16(9-11-17)15-6-4-3-5-7-15/h3-11,14,18-20H,12-13H2,1-2H3. The highest BCUT2D eigenvalue weighted by Crippen LogP contribution is 2.39. The summed E-state index contributed by atoms with van der Waals surface area (Å²) in [5.41, 5.74) is 4.10. The maximum Gasteiger partial charge on any atom is 0.00957 e. The number of hydrogen-bond donors (Lipinski definition) is 1. The van der Waals surface area contributed by atoms with Crippen LogP contribution in [0, 0.1) is 5.92 Å². The number of nitrogens with one attached hydrogen (secondary N) is 1. The fraction of sp³-hybridized carbons (Fsp3) is 0.368. The molecule has 0 radical (unpaired) electrons. The van der Waals surface area contributed by atoms with Gasteiger partial charge in [0.25, 0.3) is 0 Å². The summed E-state index contributed by atoms with van der Waals surface area (Å²) in [7, 11) is 2.09. The van der Waals surface area contributed by atoms with E-state index in [0.29, 0.717) is 12.0 Å². The first-order valence-electron chi connectivity index (χ1n) is 7.62. The smallest absolute Gasteiger partial charge is 0.00957 e. The third-order valence-electron chi connectivity index (χ3n) is 4.87. The second-order valence-electron chi connectivity index (χ2n) is 5.93. The molecule has 1 saturated carbocycles. The van der Waals surface area contributed by atoms with E-state index in [2.05, 4.69) is 73.9 Å². The maximum atomic E-state index is 3.45. The summed E-state index contributed by atoms with van der Waals surface area (Å²) in [6.07, 6.45) is 2.60. The lowest BCUT2D eigenvalue weighted by Crippen LogP contribution is -2.28. The zero-order valence-corrected chi connectivity index (χ0v) is 12.3. The molecule has 1 nitrogen and oxygen atoms in total. The SMILES string of the molecule is CNC1CCC(c2ccc(-c3ccccc3)cc2)C1C. The van der Waals surface area contributed by atoms with Crippen LogP contribution in [0.5, 0.6) is 0 Å². The third kappa shape index (κ3) is 2.51. The van der Waals surface area contributed by atoms with Gasteiger partial charge in [0, 0.05) is 6.04 Å². The van der Waals surface area contributed by atoms with Crippen molar-refractivity contribution in [1.82, 2.24) is 5.32 Å². The molecule has 1 N–H and O–H groups in total. The van der Waals surface area contributed by atoms with Crippen molar-refractivity contribution >= 4 is 0 Å². The summed E-state index contributed by atoms with van der Waals surface area (Å²) in [5.74, 6) is 1.43. The van der Waals surface area contributed by atoms with Crippen LogP contribution in [0.4, 0.5) is 0 Å². The predicted molar refractivity (Wildman–Crippen MR) is 85.9 cm³/mol. The van der Waals surface area contributed by atoms with Crippen molar-refractivity contribution < 1.29 is 0 Å². The molecule has 0 aromatic heterocycles. The third-order valence-corrected chi connectivity index (χ3v) is 4.87. The van der Waals surface area contributed by atoms with Gasteiger partial charge in [-0.15, -0.1) is 0 Å².